The van der Waals surface area contributed by atoms with Crippen molar-refractivity contribution in [2.45, 2.75) is 46.2 Å². The molecule has 0 aliphatic carbocycles. The van der Waals surface area contributed by atoms with Crippen molar-refractivity contribution in [2.75, 3.05) is 18.5 Å². The second-order valence-electron chi connectivity index (χ2n) is 6.95. The van der Waals surface area contributed by atoms with Gasteiger partial charge in [0.25, 0.3) is 0 Å². The minimum absolute atomic E-state index is 0.0413. The Balaban J connectivity index is 2.79. The number of nitrogens with one attached hydrogen (secondary N) is 3. The van der Waals surface area contributed by atoms with E-state index < -0.39 is 12.1 Å². The van der Waals surface area contributed by atoms with Gasteiger partial charge in [0.15, 0.2) is 0 Å². The summed E-state index contributed by atoms with van der Waals surface area (Å²) in [5.74, 6) is -0.145. The van der Waals surface area contributed by atoms with E-state index >= 15 is 0 Å². The van der Waals surface area contributed by atoms with Crippen molar-refractivity contribution >= 4 is 17.5 Å². The number of rotatable bonds is 10. The number of benzene rings is 1. The average molecular weight is 349 g/mol. The molecule has 1 rings (SSSR count). The van der Waals surface area contributed by atoms with Crippen LogP contribution in [0.1, 0.15) is 34.1 Å². The topological polar surface area (TPSA) is 90.5 Å². The predicted octanol–water partition coefficient (Wildman–Crippen LogP) is 1.76. The van der Waals surface area contributed by atoms with Gasteiger partial charge in [-0.2, -0.15) is 0 Å². The van der Waals surface area contributed by atoms with Gasteiger partial charge in [-0.1, -0.05) is 45.9 Å². The Morgan fingerprint density at radius 1 is 1.04 bits per heavy atom. The first kappa shape index (κ1) is 21.1. The highest BCUT2D eigenvalue weighted by molar-refractivity contribution is 5.97. The molecular formula is C19H31N3O3. The zero-order chi connectivity index (χ0) is 18.8. The van der Waals surface area contributed by atoms with Crippen molar-refractivity contribution in [1.82, 2.24) is 10.6 Å². The zero-order valence-electron chi connectivity index (χ0n) is 15.6. The molecule has 4 N–H and O–H groups in total. The monoisotopic (exact) mass is 349 g/mol. The highest BCUT2D eigenvalue weighted by Gasteiger charge is 2.27. The van der Waals surface area contributed by atoms with E-state index in [4.69, 9.17) is 5.11 Å². The molecule has 6 heteroatoms. The first-order chi connectivity index (χ1) is 11.8. The molecule has 1 aromatic carbocycles. The van der Waals surface area contributed by atoms with Crippen LogP contribution < -0.4 is 16.0 Å². The predicted molar refractivity (Wildman–Crippen MR) is 100 cm³/mol. The summed E-state index contributed by atoms with van der Waals surface area (Å²) in [7, 11) is 0. The van der Waals surface area contributed by atoms with E-state index in [-0.39, 0.29) is 30.3 Å². The third-order valence-electron chi connectivity index (χ3n) is 3.81. The van der Waals surface area contributed by atoms with Crippen LogP contribution in [-0.2, 0) is 9.59 Å². The molecule has 2 amide bonds. The largest absolute Gasteiger partial charge is 0.395 e. The van der Waals surface area contributed by atoms with Crippen molar-refractivity contribution in [2.24, 2.45) is 11.8 Å². The molecule has 0 fully saturated rings. The van der Waals surface area contributed by atoms with Crippen molar-refractivity contribution < 1.29 is 14.7 Å². The summed E-state index contributed by atoms with van der Waals surface area (Å²) in [5, 5.41) is 17.7. The zero-order valence-corrected chi connectivity index (χ0v) is 15.6. The van der Waals surface area contributed by atoms with Crippen LogP contribution in [0.15, 0.2) is 30.3 Å². The minimum Gasteiger partial charge on any atom is -0.395 e. The molecule has 0 radical (unpaired) electrons. The summed E-state index contributed by atoms with van der Waals surface area (Å²) in [4.78, 5) is 25.2. The molecule has 6 nitrogen and oxygen atoms in total. The van der Waals surface area contributed by atoms with E-state index in [9.17, 15) is 9.59 Å². The summed E-state index contributed by atoms with van der Waals surface area (Å²) < 4.78 is 0. The molecule has 0 aliphatic rings. The van der Waals surface area contributed by atoms with Gasteiger partial charge >= 0.3 is 0 Å². The van der Waals surface area contributed by atoms with Crippen LogP contribution in [0.4, 0.5) is 5.69 Å². The van der Waals surface area contributed by atoms with Gasteiger partial charge in [0.2, 0.25) is 11.8 Å². The number of carbonyl (C=O) groups excluding carboxylic acids is 2. The Hall–Kier alpha value is -1.92. The van der Waals surface area contributed by atoms with Gasteiger partial charge in [-0.15, -0.1) is 0 Å². The molecule has 0 aliphatic heterocycles. The van der Waals surface area contributed by atoms with E-state index in [0.29, 0.717) is 18.7 Å². The summed E-state index contributed by atoms with van der Waals surface area (Å²) in [6.07, 6.45) is 0.551. The fraction of sp³-hybridized carbons (Fsp3) is 0.579. The molecule has 0 aromatic heterocycles. The Morgan fingerprint density at radius 2 is 1.68 bits per heavy atom. The molecule has 2 atom stereocenters. The SMILES string of the molecule is CC(C)C[C@@H](NC(=O)[C@H](NCCO)C(C)C)C(=O)Nc1ccccc1. The van der Waals surface area contributed by atoms with Crippen molar-refractivity contribution in [1.29, 1.82) is 0 Å². The lowest BCUT2D eigenvalue weighted by Crippen LogP contribution is -2.54. The molecule has 25 heavy (non-hydrogen) atoms. The number of anilines is 1. The van der Waals surface area contributed by atoms with Crippen molar-refractivity contribution in [3.05, 3.63) is 30.3 Å². The average Bonchev–Trinajstić information content (AvgIpc) is 2.54. The molecule has 0 heterocycles. The fourth-order valence-electron chi connectivity index (χ4n) is 2.57. The van der Waals surface area contributed by atoms with Crippen LogP contribution in [0.5, 0.6) is 0 Å². The van der Waals surface area contributed by atoms with Gasteiger partial charge in [0, 0.05) is 12.2 Å². The molecule has 0 saturated heterocycles. The quantitative estimate of drug-likeness (QED) is 0.518. The fourth-order valence-corrected chi connectivity index (χ4v) is 2.57. The Morgan fingerprint density at radius 3 is 2.20 bits per heavy atom. The number of hydrogen-bond donors (Lipinski definition) is 4. The second-order valence-corrected chi connectivity index (χ2v) is 6.95. The number of hydrogen-bond acceptors (Lipinski definition) is 4. The lowest BCUT2D eigenvalue weighted by molar-refractivity contribution is -0.129. The Kier molecular flexibility index (Phi) is 9.16. The normalized spacial score (nSPS) is 13.6. The molecular weight excluding hydrogens is 318 g/mol. The van der Waals surface area contributed by atoms with Crippen molar-refractivity contribution in [3.8, 4) is 0 Å². The minimum atomic E-state index is -0.607. The Bertz CT molecular complexity index is 532. The summed E-state index contributed by atoms with van der Waals surface area (Å²) in [6.45, 7) is 8.17. The lowest BCUT2D eigenvalue weighted by Gasteiger charge is -2.26. The maximum atomic E-state index is 12.6. The van der Waals surface area contributed by atoms with Crippen LogP contribution in [0.25, 0.3) is 0 Å². The smallest absolute Gasteiger partial charge is 0.246 e. The Labute approximate surface area is 150 Å². The van der Waals surface area contributed by atoms with Crippen molar-refractivity contribution in [3.63, 3.8) is 0 Å². The van der Waals surface area contributed by atoms with Crippen LogP contribution in [0.2, 0.25) is 0 Å². The third-order valence-corrected chi connectivity index (χ3v) is 3.81. The van der Waals surface area contributed by atoms with E-state index in [0.717, 1.165) is 0 Å². The maximum absolute atomic E-state index is 12.6. The second kappa shape index (κ2) is 10.8. The van der Waals surface area contributed by atoms with Gasteiger partial charge in [0.1, 0.15) is 6.04 Å². The first-order valence-electron chi connectivity index (χ1n) is 8.85. The molecule has 140 valence electrons. The molecule has 0 saturated carbocycles. The lowest BCUT2D eigenvalue weighted by atomic mass is 10.00. The summed E-state index contributed by atoms with van der Waals surface area (Å²) >= 11 is 0. The standard InChI is InChI=1S/C19H31N3O3/c1-13(2)12-16(18(24)21-15-8-6-5-7-9-15)22-19(25)17(14(3)4)20-10-11-23/h5-9,13-14,16-17,20,23H,10-12H2,1-4H3,(H,21,24)(H,22,25)/t16-,17-/m1/s1. The van der Waals surface area contributed by atoms with Crippen LogP contribution >= 0.6 is 0 Å². The van der Waals surface area contributed by atoms with Crippen LogP contribution in [-0.4, -0.2) is 42.2 Å². The first-order valence-corrected chi connectivity index (χ1v) is 8.85. The number of carbonyl (C=O) groups is 2. The maximum Gasteiger partial charge on any atom is 0.246 e. The number of para-hydroxylation sites is 1. The molecule has 0 spiro atoms. The van der Waals surface area contributed by atoms with Crippen LogP contribution in [0.3, 0.4) is 0 Å². The number of amides is 2. The summed E-state index contributed by atoms with van der Waals surface area (Å²) in [5.41, 5.74) is 0.703. The number of aliphatic hydroxyl groups excluding tert-OH is 1. The highest BCUT2D eigenvalue weighted by Crippen LogP contribution is 2.11. The highest BCUT2D eigenvalue weighted by atomic mass is 16.3. The molecule has 0 bridgehead atoms. The molecule has 0 unspecified atom stereocenters. The van der Waals surface area contributed by atoms with E-state index in [2.05, 4.69) is 16.0 Å². The van der Waals surface area contributed by atoms with E-state index in [1.165, 1.54) is 0 Å². The van der Waals surface area contributed by atoms with Gasteiger partial charge in [-0.05, 0) is 30.4 Å². The van der Waals surface area contributed by atoms with Crippen LogP contribution in [0, 0.1) is 11.8 Å². The van der Waals surface area contributed by atoms with Gasteiger partial charge in [-0.3, -0.25) is 9.59 Å². The van der Waals surface area contributed by atoms with E-state index in [1.807, 2.05) is 58.0 Å². The third kappa shape index (κ3) is 7.67. The van der Waals surface area contributed by atoms with Gasteiger partial charge in [-0.25, -0.2) is 0 Å². The van der Waals surface area contributed by atoms with Gasteiger partial charge in [0.05, 0.1) is 12.6 Å². The molecule has 1 aromatic rings. The van der Waals surface area contributed by atoms with Gasteiger partial charge < -0.3 is 21.1 Å². The van der Waals surface area contributed by atoms with E-state index in [1.54, 1.807) is 0 Å². The number of aliphatic hydroxyl groups is 1. The summed E-state index contributed by atoms with van der Waals surface area (Å²) in [6, 6.07) is 8.13.